The molecule has 0 spiro atoms. The number of nitrogens with one attached hydrogen (secondary N) is 1. The van der Waals surface area contributed by atoms with Crippen LogP contribution in [0.3, 0.4) is 0 Å². The lowest BCUT2D eigenvalue weighted by Gasteiger charge is -2.12. The number of rotatable bonds is 5. The van der Waals surface area contributed by atoms with Gasteiger partial charge in [-0.25, -0.2) is 4.39 Å². The van der Waals surface area contributed by atoms with Gasteiger partial charge in [-0.15, -0.1) is 0 Å². The van der Waals surface area contributed by atoms with Crippen molar-refractivity contribution in [2.24, 2.45) is 0 Å². The molecule has 0 unspecified atom stereocenters. The predicted octanol–water partition coefficient (Wildman–Crippen LogP) is 3.93. The van der Waals surface area contributed by atoms with Crippen LogP contribution in [0.1, 0.15) is 24.5 Å². The van der Waals surface area contributed by atoms with Gasteiger partial charge in [0.25, 0.3) is 0 Å². The van der Waals surface area contributed by atoms with Gasteiger partial charge in [-0.05, 0) is 59.5 Å². The second-order valence-corrected chi connectivity index (χ2v) is 5.40. The molecule has 0 atom stereocenters. The maximum absolute atomic E-state index is 13.7. The van der Waals surface area contributed by atoms with Crippen LogP contribution in [-0.4, -0.2) is 13.2 Å². The highest BCUT2D eigenvalue weighted by atomic mass is 19.1. The Labute approximate surface area is 125 Å². The molecule has 3 heteroatoms. The highest BCUT2D eigenvalue weighted by Crippen LogP contribution is 2.32. The number of ether oxygens (including phenoxy) is 1. The third kappa shape index (κ3) is 3.08. The van der Waals surface area contributed by atoms with Crippen molar-refractivity contribution in [1.29, 1.82) is 0 Å². The lowest BCUT2D eigenvalue weighted by atomic mass is 9.97. The van der Waals surface area contributed by atoms with E-state index in [4.69, 9.17) is 4.74 Å². The molecular weight excluding hydrogens is 265 g/mol. The van der Waals surface area contributed by atoms with Crippen LogP contribution in [0.2, 0.25) is 0 Å². The zero-order chi connectivity index (χ0) is 14.7. The Bertz CT molecular complexity index is 639. The van der Waals surface area contributed by atoms with Gasteiger partial charge in [0.05, 0.1) is 6.61 Å². The molecule has 0 aromatic heterocycles. The average Bonchev–Trinajstić information content (AvgIpc) is 2.96. The van der Waals surface area contributed by atoms with Crippen LogP contribution in [0.4, 0.5) is 4.39 Å². The maximum atomic E-state index is 13.7. The van der Waals surface area contributed by atoms with Crippen molar-refractivity contribution >= 4 is 0 Å². The van der Waals surface area contributed by atoms with Crippen LogP contribution in [-0.2, 0) is 13.0 Å². The molecule has 1 aliphatic rings. The van der Waals surface area contributed by atoms with Crippen molar-refractivity contribution in [2.75, 3.05) is 13.2 Å². The minimum atomic E-state index is -0.194. The number of fused-ring (bicyclic) bond motifs is 1. The van der Waals surface area contributed by atoms with Gasteiger partial charge in [0.1, 0.15) is 11.6 Å². The normalized spacial score (nSPS) is 13.0. The van der Waals surface area contributed by atoms with Gasteiger partial charge in [-0.2, -0.15) is 0 Å². The molecule has 0 bridgehead atoms. The zero-order valence-electron chi connectivity index (χ0n) is 12.3. The van der Waals surface area contributed by atoms with Gasteiger partial charge in [-0.1, -0.05) is 19.1 Å². The summed E-state index contributed by atoms with van der Waals surface area (Å²) in [7, 11) is 0. The maximum Gasteiger partial charge on any atom is 0.123 e. The summed E-state index contributed by atoms with van der Waals surface area (Å²) >= 11 is 0. The van der Waals surface area contributed by atoms with Gasteiger partial charge in [-0.3, -0.25) is 0 Å². The Morgan fingerprint density at radius 3 is 2.95 bits per heavy atom. The first-order valence-corrected chi connectivity index (χ1v) is 7.53. The van der Waals surface area contributed by atoms with E-state index in [0.717, 1.165) is 55.0 Å². The van der Waals surface area contributed by atoms with Crippen LogP contribution in [0, 0.1) is 5.82 Å². The van der Waals surface area contributed by atoms with E-state index in [1.807, 2.05) is 18.2 Å². The third-order valence-electron chi connectivity index (χ3n) is 3.81. The van der Waals surface area contributed by atoms with Crippen molar-refractivity contribution in [1.82, 2.24) is 5.32 Å². The van der Waals surface area contributed by atoms with Crippen molar-refractivity contribution in [2.45, 2.75) is 26.3 Å². The first-order chi connectivity index (χ1) is 10.3. The van der Waals surface area contributed by atoms with Gasteiger partial charge >= 0.3 is 0 Å². The number of halogens is 1. The highest BCUT2D eigenvalue weighted by Gasteiger charge is 2.14. The Morgan fingerprint density at radius 1 is 1.19 bits per heavy atom. The quantitative estimate of drug-likeness (QED) is 0.841. The summed E-state index contributed by atoms with van der Waals surface area (Å²) in [5, 5.41) is 3.39. The summed E-state index contributed by atoms with van der Waals surface area (Å²) in [5.41, 5.74) is 4.37. The summed E-state index contributed by atoms with van der Waals surface area (Å²) < 4.78 is 19.2. The lowest BCUT2D eigenvalue weighted by Crippen LogP contribution is -2.14. The highest BCUT2D eigenvalue weighted by molar-refractivity contribution is 5.69. The van der Waals surface area contributed by atoms with Crippen LogP contribution in [0.15, 0.2) is 36.4 Å². The van der Waals surface area contributed by atoms with E-state index >= 15 is 0 Å². The molecule has 2 aromatic carbocycles. The van der Waals surface area contributed by atoms with Crippen LogP contribution >= 0.6 is 0 Å². The van der Waals surface area contributed by atoms with Gasteiger partial charge in [0, 0.05) is 13.0 Å². The van der Waals surface area contributed by atoms with Crippen molar-refractivity contribution in [3.63, 3.8) is 0 Å². The lowest BCUT2D eigenvalue weighted by molar-refractivity contribution is 0.357. The second kappa shape index (κ2) is 6.27. The Morgan fingerprint density at radius 2 is 2.10 bits per heavy atom. The zero-order valence-corrected chi connectivity index (χ0v) is 12.3. The standard InChI is InChI=1S/C18H20FNO/c1-2-8-20-12-15-3-5-16(19)11-17(15)13-4-6-18-14(10-13)7-9-21-18/h3-6,10-11,20H,2,7-9,12H2,1H3. The molecule has 0 aliphatic carbocycles. The molecule has 1 N–H and O–H groups in total. The minimum Gasteiger partial charge on any atom is -0.493 e. The predicted molar refractivity (Wildman–Crippen MR) is 83.0 cm³/mol. The van der Waals surface area contributed by atoms with E-state index in [-0.39, 0.29) is 5.82 Å². The van der Waals surface area contributed by atoms with Crippen LogP contribution in [0.25, 0.3) is 11.1 Å². The van der Waals surface area contributed by atoms with Crippen molar-refractivity contribution in [3.05, 3.63) is 53.3 Å². The molecular formula is C18H20FNO. The fraction of sp³-hybridized carbons (Fsp3) is 0.333. The second-order valence-electron chi connectivity index (χ2n) is 5.40. The van der Waals surface area contributed by atoms with Crippen LogP contribution < -0.4 is 10.1 Å². The smallest absolute Gasteiger partial charge is 0.123 e. The summed E-state index contributed by atoms with van der Waals surface area (Å²) in [6.45, 7) is 4.61. The minimum absolute atomic E-state index is 0.194. The van der Waals surface area contributed by atoms with E-state index in [1.54, 1.807) is 6.07 Å². The first kappa shape index (κ1) is 14.1. The molecule has 2 nitrogen and oxygen atoms in total. The molecule has 1 heterocycles. The summed E-state index contributed by atoms with van der Waals surface area (Å²) in [6, 6.07) is 11.2. The van der Waals surface area contributed by atoms with Gasteiger partial charge in [0.15, 0.2) is 0 Å². The molecule has 110 valence electrons. The Hall–Kier alpha value is -1.87. The van der Waals surface area contributed by atoms with Crippen molar-refractivity contribution in [3.8, 4) is 16.9 Å². The van der Waals surface area contributed by atoms with E-state index in [0.29, 0.717) is 0 Å². The largest absolute Gasteiger partial charge is 0.493 e. The molecule has 0 saturated carbocycles. The van der Waals surface area contributed by atoms with E-state index in [9.17, 15) is 4.39 Å². The molecule has 0 saturated heterocycles. The van der Waals surface area contributed by atoms with Gasteiger partial charge < -0.3 is 10.1 Å². The average molecular weight is 285 g/mol. The number of hydrogen-bond donors (Lipinski definition) is 1. The first-order valence-electron chi connectivity index (χ1n) is 7.53. The Kier molecular flexibility index (Phi) is 4.20. The molecule has 0 fully saturated rings. The SMILES string of the molecule is CCCNCc1ccc(F)cc1-c1ccc2c(c1)CCO2. The molecule has 2 aromatic rings. The topological polar surface area (TPSA) is 21.3 Å². The molecule has 3 rings (SSSR count). The molecule has 21 heavy (non-hydrogen) atoms. The summed E-state index contributed by atoms with van der Waals surface area (Å²) in [5.74, 6) is 0.766. The Balaban J connectivity index is 1.94. The third-order valence-corrected chi connectivity index (χ3v) is 3.81. The van der Waals surface area contributed by atoms with Crippen molar-refractivity contribution < 1.29 is 9.13 Å². The number of hydrogen-bond acceptors (Lipinski definition) is 2. The summed E-state index contributed by atoms with van der Waals surface area (Å²) in [6.07, 6.45) is 2.02. The molecule has 0 amide bonds. The fourth-order valence-corrected chi connectivity index (χ4v) is 2.73. The summed E-state index contributed by atoms with van der Waals surface area (Å²) in [4.78, 5) is 0. The molecule has 0 radical (unpaired) electrons. The monoisotopic (exact) mass is 285 g/mol. The van der Waals surface area contributed by atoms with E-state index in [2.05, 4.69) is 18.3 Å². The number of benzene rings is 2. The van der Waals surface area contributed by atoms with E-state index in [1.165, 1.54) is 11.6 Å². The fourth-order valence-electron chi connectivity index (χ4n) is 2.73. The van der Waals surface area contributed by atoms with E-state index < -0.39 is 0 Å². The molecule has 1 aliphatic heterocycles. The van der Waals surface area contributed by atoms with Gasteiger partial charge in [0.2, 0.25) is 0 Å². The van der Waals surface area contributed by atoms with Crippen LogP contribution in [0.5, 0.6) is 5.75 Å².